The van der Waals surface area contributed by atoms with Gasteiger partial charge in [-0.3, -0.25) is 0 Å². The van der Waals surface area contributed by atoms with Crippen LogP contribution in [0, 0.1) is 16.7 Å². The Bertz CT molecular complexity index is 436. The average Bonchev–Trinajstić information content (AvgIpc) is 2.43. The molecule has 115 valence electrons. The predicted molar refractivity (Wildman–Crippen MR) is 66.9 cm³/mol. The zero-order valence-corrected chi connectivity index (χ0v) is 17.4. The molecule has 0 N–H and O–H groups in total. The summed E-state index contributed by atoms with van der Waals surface area (Å²) in [6.07, 6.45) is 4.34. The maximum atomic E-state index is 11.1. The van der Waals surface area contributed by atoms with Crippen molar-refractivity contribution in [2.75, 3.05) is 0 Å². The first kappa shape index (κ1) is 25.9. The van der Waals surface area contributed by atoms with Crippen LogP contribution < -0.4 is 37.2 Å². The molecule has 0 saturated heterocycles. The molecular formula is C13H21Cl3O2PTi. The van der Waals surface area contributed by atoms with Crippen molar-refractivity contribution >= 4 is 5.67 Å². The normalized spacial score (nSPS) is 17.6. The van der Waals surface area contributed by atoms with Gasteiger partial charge in [-0.25, -0.2) is 0 Å². The van der Waals surface area contributed by atoms with E-state index in [1.807, 2.05) is 0 Å². The quantitative estimate of drug-likeness (QED) is 0.351. The van der Waals surface area contributed by atoms with Gasteiger partial charge in [-0.1, -0.05) is 0 Å². The van der Waals surface area contributed by atoms with Crippen LogP contribution in [0.5, 0.6) is 0 Å². The van der Waals surface area contributed by atoms with E-state index in [-0.39, 0.29) is 48.1 Å². The number of halogens is 3. The topological polar surface area (TPSA) is 34.1 Å². The third kappa shape index (κ3) is 6.82. The average molecular weight is 395 g/mol. The van der Waals surface area contributed by atoms with Crippen LogP contribution >= 0.6 is 5.67 Å². The van der Waals surface area contributed by atoms with Crippen LogP contribution in [0.4, 0.5) is 0 Å². The van der Waals surface area contributed by atoms with E-state index in [0.29, 0.717) is 5.92 Å². The molecule has 0 bridgehead atoms. The minimum atomic E-state index is -2.23. The smallest absolute Gasteiger partial charge is 1.00 e. The number of hydrogen-bond acceptors (Lipinski definition) is 2. The molecular weight excluding hydrogens is 373 g/mol. The molecule has 1 unspecified atom stereocenters. The summed E-state index contributed by atoms with van der Waals surface area (Å²) in [5.74, 6) is 0.296. The predicted octanol–water partition coefficient (Wildman–Crippen LogP) is -4.30. The van der Waals surface area contributed by atoms with Crippen molar-refractivity contribution in [3.05, 3.63) is 21.6 Å². The molecule has 7 heteroatoms. The van der Waals surface area contributed by atoms with Gasteiger partial charge in [0.15, 0.2) is 0 Å². The summed E-state index contributed by atoms with van der Waals surface area (Å²) < 4.78 is 23.5. The van der Waals surface area contributed by atoms with Crippen LogP contribution in [0.1, 0.15) is 41.5 Å². The van der Waals surface area contributed by atoms with Gasteiger partial charge < -0.3 is 37.2 Å². The van der Waals surface area contributed by atoms with Crippen LogP contribution in [-0.2, 0) is 27.8 Å². The van der Waals surface area contributed by atoms with Gasteiger partial charge in [0.05, 0.1) is 0 Å². The molecule has 20 heavy (non-hydrogen) atoms. The Hall–Kier alpha value is 0.964. The maximum Gasteiger partial charge on any atom is -1.00 e. The molecule has 0 heterocycles. The first-order valence-electron chi connectivity index (χ1n) is 5.87. The van der Waals surface area contributed by atoms with Crippen molar-refractivity contribution in [3.8, 4) is 0 Å². The molecule has 0 spiro atoms. The fraction of sp³-hybridized carbons (Fsp3) is 0.692. The van der Waals surface area contributed by atoms with Gasteiger partial charge in [0.2, 0.25) is 0 Å². The summed E-state index contributed by atoms with van der Waals surface area (Å²) in [6, 6.07) is 0. The monoisotopic (exact) mass is 393 g/mol. The van der Waals surface area contributed by atoms with Crippen molar-refractivity contribution < 1.29 is 65.0 Å². The molecule has 0 amide bonds. The summed E-state index contributed by atoms with van der Waals surface area (Å²) in [5, 5.41) is 0. The number of allylic oxidation sites excluding steroid dienone is 4. The van der Waals surface area contributed by atoms with Gasteiger partial charge >= 0.3 is 113 Å². The second-order valence-corrected chi connectivity index (χ2v) is 11.0. The van der Waals surface area contributed by atoms with Crippen molar-refractivity contribution in [3.63, 3.8) is 0 Å². The molecule has 0 aliphatic heterocycles. The Morgan fingerprint density at radius 2 is 1.45 bits per heavy atom. The molecule has 1 aliphatic carbocycles. The van der Waals surface area contributed by atoms with E-state index in [4.69, 9.17) is 0 Å². The minimum Gasteiger partial charge on any atom is -1.00 e. The molecule has 0 aromatic rings. The van der Waals surface area contributed by atoms with Gasteiger partial charge in [-0.05, 0) is 0 Å². The van der Waals surface area contributed by atoms with Gasteiger partial charge in [0, 0.05) is 0 Å². The SMILES string of the molecule is CC(C)(C)C1=[C]([Ti+3][P](=O)=O)C(C(C)(C)C)C=C1.[Cl-].[Cl-].[Cl-]. The molecule has 1 rings (SSSR count). The second kappa shape index (κ2) is 9.18. The van der Waals surface area contributed by atoms with E-state index in [2.05, 4.69) is 53.7 Å². The maximum absolute atomic E-state index is 11.1. The van der Waals surface area contributed by atoms with E-state index in [9.17, 15) is 9.13 Å². The number of hydrogen-bond donors (Lipinski definition) is 0. The molecule has 0 fully saturated rings. The number of rotatable bonds is 2. The van der Waals surface area contributed by atoms with Crippen LogP contribution in [0.15, 0.2) is 21.6 Å². The molecule has 0 aromatic carbocycles. The van der Waals surface area contributed by atoms with E-state index in [1.165, 1.54) is 9.45 Å². The van der Waals surface area contributed by atoms with Crippen LogP contribution in [0.3, 0.4) is 0 Å². The molecule has 0 saturated carbocycles. The van der Waals surface area contributed by atoms with E-state index in [0.717, 1.165) is 0 Å². The summed E-state index contributed by atoms with van der Waals surface area (Å²) >= 11 is -1.03. The van der Waals surface area contributed by atoms with Gasteiger partial charge in [0.1, 0.15) is 0 Å². The van der Waals surface area contributed by atoms with Gasteiger partial charge in [-0.15, -0.1) is 0 Å². The van der Waals surface area contributed by atoms with Gasteiger partial charge in [-0.2, -0.15) is 0 Å². The fourth-order valence-corrected chi connectivity index (χ4v) is 6.29. The Labute approximate surface area is 150 Å². The fourth-order valence-electron chi connectivity index (χ4n) is 2.15. The summed E-state index contributed by atoms with van der Waals surface area (Å²) in [7, 11) is 0. The van der Waals surface area contributed by atoms with Crippen molar-refractivity contribution in [1.29, 1.82) is 0 Å². The first-order valence-corrected chi connectivity index (χ1v) is 9.92. The van der Waals surface area contributed by atoms with E-state index < -0.39 is 24.3 Å². The Morgan fingerprint density at radius 3 is 1.75 bits per heavy atom. The Morgan fingerprint density at radius 1 is 1.00 bits per heavy atom. The third-order valence-electron chi connectivity index (χ3n) is 3.01. The van der Waals surface area contributed by atoms with Crippen LogP contribution in [0.25, 0.3) is 0 Å². The summed E-state index contributed by atoms with van der Waals surface area (Å²) in [5.41, 5.74) is -0.838. The van der Waals surface area contributed by atoms with Crippen LogP contribution in [0.2, 0.25) is 0 Å². The Kier molecular flexibility index (Phi) is 11.9. The first-order chi connectivity index (χ1) is 7.53. The Balaban J connectivity index is -0.000000963. The van der Waals surface area contributed by atoms with Crippen molar-refractivity contribution in [2.45, 2.75) is 41.5 Å². The molecule has 0 radical (unpaired) electrons. The van der Waals surface area contributed by atoms with Crippen molar-refractivity contribution in [2.24, 2.45) is 16.7 Å². The zero-order chi connectivity index (χ0) is 13.4. The molecule has 1 aliphatic rings. The minimum absolute atomic E-state index is 0. The standard InChI is InChI=1S/C13H21.3ClH.O2P.Ti/c1-12(2,3)10-7-8-11(9-10)13(4,5)6;;;;1-3-2;/h7-8,10H,1-6H3;3*1H;;/q;;;;;+3/p-3. The molecule has 2 nitrogen and oxygen atoms in total. The largest absolute Gasteiger partial charge is 1.00 e. The second-order valence-electron chi connectivity index (χ2n) is 6.65. The van der Waals surface area contributed by atoms with E-state index in [1.54, 1.807) is 0 Å². The van der Waals surface area contributed by atoms with Crippen molar-refractivity contribution in [1.82, 2.24) is 0 Å². The van der Waals surface area contributed by atoms with Crippen LogP contribution in [-0.4, -0.2) is 0 Å². The third-order valence-corrected chi connectivity index (χ3v) is 6.32. The van der Waals surface area contributed by atoms with E-state index >= 15 is 0 Å². The summed E-state index contributed by atoms with van der Waals surface area (Å²) in [6.45, 7) is 13.0. The molecule has 1 atom stereocenters. The molecule has 0 aromatic heterocycles. The van der Waals surface area contributed by atoms with Gasteiger partial charge in [0.25, 0.3) is 0 Å². The summed E-state index contributed by atoms with van der Waals surface area (Å²) in [4.78, 5) is 0. The zero-order valence-electron chi connectivity index (χ0n) is 12.6.